The number of aromatic carboxylic acids is 1. The van der Waals surface area contributed by atoms with Crippen LogP contribution in [0, 0.1) is 0 Å². The van der Waals surface area contributed by atoms with Crippen molar-refractivity contribution in [2.45, 2.75) is 6.10 Å². The SMILES string of the molecule is COc1cc(NC(=O)C2CNCCO2)ccc1C(=O)O. The Hall–Kier alpha value is -2.12. The first-order valence-electron chi connectivity index (χ1n) is 6.16. The molecule has 1 amide bonds. The summed E-state index contributed by atoms with van der Waals surface area (Å²) in [5.41, 5.74) is 0.507. The molecule has 2 rings (SSSR count). The van der Waals surface area contributed by atoms with Crippen LogP contribution >= 0.6 is 0 Å². The van der Waals surface area contributed by atoms with Crippen LogP contribution in [0.4, 0.5) is 5.69 Å². The van der Waals surface area contributed by atoms with Gasteiger partial charge in [-0.25, -0.2) is 4.79 Å². The summed E-state index contributed by atoms with van der Waals surface area (Å²) < 4.78 is 10.3. The van der Waals surface area contributed by atoms with E-state index in [-0.39, 0.29) is 17.2 Å². The Kier molecular flexibility index (Phi) is 4.54. The third-order valence-electron chi connectivity index (χ3n) is 2.92. The van der Waals surface area contributed by atoms with Crippen molar-refractivity contribution in [1.29, 1.82) is 0 Å². The number of ether oxygens (including phenoxy) is 2. The monoisotopic (exact) mass is 280 g/mol. The Morgan fingerprint density at radius 1 is 1.50 bits per heavy atom. The molecule has 20 heavy (non-hydrogen) atoms. The highest BCUT2D eigenvalue weighted by molar-refractivity contribution is 5.96. The summed E-state index contributed by atoms with van der Waals surface area (Å²) in [4.78, 5) is 22.9. The Labute approximate surface area is 115 Å². The predicted octanol–water partition coefficient (Wildman–Crippen LogP) is 0.320. The maximum atomic E-state index is 12.0. The molecule has 0 aliphatic carbocycles. The van der Waals surface area contributed by atoms with Gasteiger partial charge in [0.2, 0.25) is 0 Å². The number of rotatable bonds is 4. The van der Waals surface area contributed by atoms with Gasteiger partial charge in [-0.15, -0.1) is 0 Å². The van der Waals surface area contributed by atoms with E-state index in [0.29, 0.717) is 18.8 Å². The van der Waals surface area contributed by atoms with Crippen LogP contribution < -0.4 is 15.4 Å². The fourth-order valence-electron chi connectivity index (χ4n) is 1.90. The maximum Gasteiger partial charge on any atom is 0.339 e. The van der Waals surface area contributed by atoms with Gasteiger partial charge in [0.05, 0.1) is 13.7 Å². The first kappa shape index (κ1) is 14.3. The molecule has 3 N–H and O–H groups in total. The molecule has 0 spiro atoms. The Morgan fingerprint density at radius 3 is 2.90 bits per heavy atom. The van der Waals surface area contributed by atoms with Crippen LogP contribution in [-0.2, 0) is 9.53 Å². The largest absolute Gasteiger partial charge is 0.496 e. The lowest BCUT2D eigenvalue weighted by Crippen LogP contribution is -2.45. The smallest absolute Gasteiger partial charge is 0.339 e. The minimum absolute atomic E-state index is 0.0427. The van der Waals surface area contributed by atoms with E-state index in [9.17, 15) is 9.59 Å². The zero-order valence-electron chi connectivity index (χ0n) is 11.0. The quantitative estimate of drug-likeness (QED) is 0.735. The summed E-state index contributed by atoms with van der Waals surface area (Å²) in [6, 6.07) is 4.37. The van der Waals surface area contributed by atoms with Gasteiger partial charge in [-0.2, -0.15) is 0 Å². The van der Waals surface area contributed by atoms with Crippen molar-refractivity contribution >= 4 is 17.6 Å². The Balaban J connectivity index is 2.09. The van der Waals surface area contributed by atoms with Crippen LogP contribution in [0.2, 0.25) is 0 Å². The van der Waals surface area contributed by atoms with Crippen molar-refractivity contribution in [3.05, 3.63) is 23.8 Å². The van der Waals surface area contributed by atoms with Crippen molar-refractivity contribution in [2.75, 3.05) is 32.1 Å². The van der Waals surface area contributed by atoms with Crippen LogP contribution in [0.25, 0.3) is 0 Å². The lowest BCUT2D eigenvalue weighted by atomic mass is 10.1. The molecular formula is C13H16N2O5. The lowest BCUT2D eigenvalue weighted by molar-refractivity contribution is -0.128. The van der Waals surface area contributed by atoms with E-state index < -0.39 is 12.1 Å². The third-order valence-corrected chi connectivity index (χ3v) is 2.92. The van der Waals surface area contributed by atoms with Crippen molar-refractivity contribution in [3.63, 3.8) is 0 Å². The number of carboxylic acids is 1. The van der Waals surface area contributed by atoms with Crippen LogP contribution in [-0.4, -0.2) is 49.9 Å². The number of morpholine rings is 1. The summed E-state index contributed by atoms with van der Waals surface area (Å²) in [5, 5.41) is 14.7. The first-order valence-corrected chi connectivity index (χ1v) is 6.16. The molecule has 1 aliphatic rings. The summed E-state index contributed by atoms with van der Waals surface area (Å²) in [6.07, 6.45) is -0.547. The number of nitrogens with one attached hydrogen (secondary N) is 2. The average Bonchev–Trinajstić information content (AvgIpc) is 2.47. The summed E-state index contributed by atoms with van der Waals surface area (Å²) in [6.45, 7) is 1.67. The number of methoxy groups -OCH3 is 1. The molecule has 1 atom stereocenters. The fourth-order valence-corrected chi connectivity index (χ4v) is 1.90. The molecule has 1 heterocycles. The van der Waals surface area contributed by atoms with Gasteiger partial charge in [-0.05, 0) is 12.1 Å². The van der Waals surface area contributed by atoms with Crippen LogP contribution in [0.15, 0.2) is 18.2 Å². The van der Waals surface area contributed by atoms with Gasteiger partial charge in [0.15, 0.2) is 0 Å². The molecule has 1 unspecified atom stereocenters. The molecule has 1 aliphatic heterocycles. The topological polar surface area (TPSA) is 96.9 Å². The van der Waals surface area contributed by atoms with Crippen molar-refractivity contribution in [3.8, 4) is 5.75 Å². The molecule has 7 nitrogen and oxygen atoms in total. The highest BCUT2D eigenvalue weighted by atomic mass is 16.5. The number of hydrogen-bond acceptors (Lipinski definition) is 5. The standard InChI is InChI=1S/C13H16N2O5/c1-19-10-6-8(2-3-9(10)13(17)18)15-12(16)11-7-14-4-5-20-11/h2-3,6,11,14H,4-5,7H2,1H3,(H,15,16)(H,17,18). The predicted molar refractivity (Wildman–Crippen MR) is 71.2 cm³/mol. The second kappa shape index (κ2) is 6.36. The zero-order valence-corrected chi connectivity index (χ0v) is 11.0. The minimum atomic E-state index is -1.08. The number of carbonyl (C=O) groups excluding carboxylic acids is 1. The lowest BCUT2D eigenvalue weighted by Gasteiger charge is -2.22. The minimum Gasteiger partial charge on any atom is -0.496 e. The van der Waals surface area contributed by atoms with Crippen LogP contribution in [0.5, 0.6) is 5.75 Å². The zero-order chi connectivity index (χ0) is 14.5. The van der Waals surface area contributed by atoms with E-state index in [1.165, 1.54) is 25.3 Å². The van der Waals surface area contributed by atoms with Gasteiger partial charge in [0.1, 0.15) is 17.4 Å². The molecule has 0 saturated carbocycles. The van der Waals surface area contributed by atoms with Gasteiger partial charge in [-0.1, -0.05) is 0 Å². The number of anilines is 1. The van der Waals surface area contributed by atoms with E-state index in [1.54, 1.807) is 0 Å². The van der Waals surface area contributed by atoms with Crippen molar-refractivity contribution in [1.82, 2.24) is 5.32 Å². The van der Waals surface area contributed by atoms with Crippen LogP contribution in [0.3, 0.4) is 0 Å². The van der Waals surface area contributed by atoms with E-state index in [4.69, 9.17) is 14.6 Å². The number of benzene rings is 1. The molecule has 0 aromatic heterocycles. The second-order valence-electron chi connectivity index (χ2n) is 4.27. The van der Waals surface area contributed by atoms with E-state index >= 15 is 0 Å². The molecule has 1 aromatic rings. The van der Waals surface area contributed by atoms with Crippen LogP contribution in [0.1, 0.15) is 10.4 Å². The Bertz CT molecular complexity index is 511. The van der Waals surface area contributed by atoms with Crippen molar-refractivity contribution in [2.24, 2.45) is 0 Å². The Morgan fingerprint density at radius 2 is 2.30 bits per heavy atom. The molecule has 1 fully saturated rings. The molecular weight excluding hydrogens is 264 g/mol. The molecule has 7 heteroatoms. The fraction of sp³-hybridized carbons (Fsp3) is 0.385. The number of carbonyl (C=O) groups is 2. The van der Waals surface area contributed by atoms with Gasteiger partial charge in [0, 0.05) is 24.8 Å². The van der Waals surface area contributed by atoms with Gasteiger partial charge < -0.3 is 25.2 Å². The summed E-state index contributed by atoms with van der Waals surface area (Å²) in [5.74, 6) is -1.17. The summed E-state index contributed by atoms with van der Waals surface area (Å²) >= 11 is 0. The van der Waals surface area contributed by atoms with Gasteiger partial charge in [-0.3, -0.25) is 4.79 Å². The number of hydrogen-bond donors (Lipinski definition) is 3. The molecule has 0 radical (unpaired) electrons. The maximum absolute atomic E-state index is 12.0. The third kappa shape index (κ3) is 3.25. The first-order chi connectivity index (χ1) is 9.61. The molecule has 0 bridgehead atoms. The average molecular weight is 280 g/mol. The van der Waals surface area contributed by atoms with E-state index in [0.717, 1.165) is 6.54 Å². The van der Waals surface area contributed by atoms with Gasteiger partial charge >= 0.3 is 5.97 Å². The van der Waals surface area contributed by atoms with E-state index in [2.05, 4.69) is 10.6 Å². The molecule has 108 valence electrons. The number of amides is 1. The van der Waals surface area contributed by atoms with Crippen molar-refractivity contribution < 1.29 is 24.2 Å². The summed E-state index contributed by atoms with van der Waals surface area (Å²) in [7, 11) is 1.38. The number of carboxylic acid groups (broad SMARTS) is 1. The highest BCUT2D eigenvalue weighted by Crippen LogP contribution is 2.23. The van der Waals surface area contributed by atoms with Gasteiger partial charge in [0.25, 0.3) is 5.91 Å². The molecule has 1 saturated heterocycles. The normalized spacial score (nSPS) is 18.4. The van der Waals surface area contributed by atoms with E-state index in [1.807, 2.05) is 0 Å². The second-order valence-corrected chi connectivity index (χ2v) is 4.27. The highest BCUT2D eigenvalue weighted by Gasteiger charge is 2.22. The molecule has 1 aromatic carbocycles.